The van der Waals surface area contributed by atoms with E-state index in [1.165, 1.54) is 64.2 Å². The van der Waals surface area contributed by atoms with Crippen molar-refractivity contribution in [2.45, 2.75) is 225 Å². The summed E-state index contributed by atoms with van der Waals surface area (Å²) in [5, 5.41) is 3.74. The van der Waals surface area contributed by atoms with Crippen molar-refractivity contribution in [1.29, 1.82) is 0 Å². The molecule has 0 unspecified atom stereocenters. The third kappa shape index (κ3) is 27.7. The molecule has 87 heavy (non-hydrogen) atoms. The maximum Gasteiger partial charge on any atom is 0.416 e. The average Bonchev–Trinajstić information content (AvgIpc) is 3.29. The number of hydrogen-bond donors (Lipinski definition) is 0. The van der Waals surface area contributed by atoms with Crippen LogP contribution in [0.1, 0.15) is 220 Å². The molecule has 0 bridgehead atoms. The zero-order valence-electron chi connectivity index (χ0n) is 55.9. The number of rotatable bonds is 0. The topological polar surface area (TPSA) is 0 Å². The lowest BCUT2D eigenvalue weighted by Crippen LogP contribution is -2.19. The van der Waals surface area contributed by atoms with Gasteiger partial charge in [0.25, 0.3) is 0 Å². The third-order valence-corrected chi connectivity index (χ3v) is 14.8. The Morgan fingerprint density at radius 3 is 0.770 bits per heavy atom. The van der Waals surface area contributed by atoms with Crippen LogP contribution < -0.4 is 0 Å². The molecule has 7 aromatic carbocycles. The second-order valence-corrected chi connectivity index (χ2v) is 30.9. The monoisotopic (exact) mass is 1300 g/mol. The van der Waals surface area contributed by atoms with Crippen molar-refractivity contribution in [2.24, 2.45) is 0 Å². The fraction of sp³-hybridized carbons (Fsp3) is 0.447. The lowest BCUT2D eigenvalue weighted by atomic mass is 9.81. The summed E-state index contributed by atoms with van der Waals surface area (Å²) in [5.41, 5.74) is 10.4. The van der Waals surface area contributed by atoms with Crippen molar-refractivity contribution >= 4 is 58.0 Å². The van der Waals surface area contributed by atoms with Crippen molar-refractivity contribution in [2.75, 3.05) is 0 Å². The average molecular weight is 1310 g/mol. The molecule has 0 nitrogen and oxygen atoms in total. The third-order valence-electron chi connectivity index (χ3n) is 13.4. The standard InChI is InChI=1S/C12H18.C11H15Cl.C11H13F3.C11H15F.2C10H12Cl2.C10H12F2.CH4/c1-9-7-6-8-10(2)11(9)12(3,4)5;1-8-6-5-7-9(12)10(8)11(2,3)4;1-10(2,3)8-6-4-5-7-9(8)11(12,13)14;1-8-6-5-7-9(12)10(8)11(2,3)4;2*1-10(2,3)8-5-4-7(11)6-9(8)12;1-10(2,3)9-7(11)5-4-6-8(9)12;/h6-8H,1-5H3;5-7H,1-4H3;4-7H,1-3H3;5-7H,1-4H3;3*4-6H,1-3H3;1H4. The molecule has 0 radical (unpaired) electrons. The Morgan fingerprint density at radius 1 is 0.264 bits per heavy atom. The maximum atomic E-state index is 13.3. The summed E-state index contributed by atoms with van der Waals surface area (Å²) >= 11 is 29.7. The minimum Gasteiger partial charge on any atom is -0.207 e. The minimum absolute atomic E-state index is 0. The van der Waals surface area contributed by atoms with Gasteiger partial charge < -0.3 is 0 Å². The van der Waals surface area contributed by atoms with Gasteiger partial charge in [0, 0.05) is 30.7 Å². The van der Waals surface area contributed by atoms with E-state index in [9.17, 15) is 26.3 Å². The molecule has 11 heteroatoms. The van der Waals surface area contributed by atoms with E-state index < -0.39 is 34.2 Å². The van der Waals surface area contributed by atoms with Crippen molar-refractivity contribution < 1.29 is 26.3 Å². The number of benzene rings is 7. The van der Waals surface area contributed by atoms with Gasteiger partial charge >= 0.3 is 6.18 Å². The number of aryl methyl sites for hydroxylation is 4. The Morgan fingerprint density at radius 2 is 0.540 bits per heavy atom. The molecule has 0 aliphatic carbocycles. The van der Waals surface area contributed by atoms with Crippen LogP contribution in [0.4, 0.5) is 26.3 Å². The lowest BCUT2D eigenvalue weighted by molar-refractivity contribution is -0.138. The number of alkyl halides is 3. The predicted octanol–water partition coefficient (Wildman–Crippen LogP) is 27.5. The van der Waals surface area contributed by atoms with Crippen LogP contribution in [0.3, 0.4) is 0 Å². The zero-order valence-corrected chi connectivity index (χ0v) is 59.6. The molecule has 0 saturated heterocycles. The molecule has 0 aliphatic heterocycles. The second-order valence-electron chi connectivity index (χ2n) is 28.8. The van der Waals surface area contributed by atoms with Crippen LogP contribution in [0, 0.1) is 45.1 Å². The molecule has 0 amide bonds. The minimum atomic E-state index is -4.26. The smallest absolute Gasteiger partial charge is 0.207 e. The van der Waals surface area contributed by atoms with E-state index in [0.29, 0.717) is 15.6 Å². The maximum absolute atomic E-state index is 13.3. The van der Waals surface area contributed by atoms with E-state index in [4.69, 9.17) is 58.0 Å². The Balaban J connectivity index is 0.000000991. The summed E-state index contributed by atoms with van der Waals surface area (Å²) in [6, 6.07) is 38.7. The molecule has 7 rings (SSSR count). The fourth-order valence-corrected chi connectivity index (χ4v) is 11.8. The van der Waals surface area contributed by atoms with Crippen LogP contribution in [0.2, 0.25) is 25.1 Å². The summed E-state index contributed by atoms with van der Waals surface area (Å²) in [4.78, 5) is 0. The van der Waals surface area contributed by atoms with E-state index in [1.807, 2.05) is 70.2 Å². The van der Waals surface area contributed by atoms with Gasteiger partial charge in [-0.15, -0.1) is 0 Å². The SMILES string of the molecule is C.CC(C)(C)c1c(F)cccc1F.CC(C)(C)c1ccc(Cl)cc1Cl.CC(C)(C)c1ccc(Cl)cc1Cl.CC(C)(C)c1ccccc1C(F)(F)F.Cc1cccc(C)c1C(C)(C)C.Cc1cccc(Cl)c1C(C)(C)C.Cc1cccc(F)c1C(C)(C)C. The van der Waals surface area contributed by atoms with Crippen molar-refractivity contribution in [3.05, 3.63) is 243 Å². The largest absolute Gasteiger partial charge is 0.416 e. The second kappa shape index (κ2) is 33.6. The number of halogens is 11. The molecular formula is C76H101Cl5F6. The molecule has 7 aromatic rings. The first-order valence-electron chi connectivity index (χ1n) is 28.9. The van der Waals surface area contributed by atoms with Gasteiger partial charge in [-0.05, 0) is 176 Å². The van der Waals surface area contributed by atoms with Crippen LogP contribution in [-0.4, -0.2) is 0 Å². The van der Waals surface area contributed by atoms with E-state index in [2.05, 4.69) is 128 Å². The van der Waals surface area contributed by atoms with Crippen molar-refractivity contribution in [1.82, 2.24) is 0 Å². The van der Waals surface area contributed by atoms with Gasteiger partial charge in [-0.2, -0.15) is 13.2 Å². The Hall–Kier alpha value is -4.43. The normalized spacial score (nSPS) is 11.8. The van der Waals surface area contributed by atoms with Crippen molar-refractivity contribution in [3.63, 3.8) is 0 Å². The molecular weight excluding hydrogens is 1200 g/mol. The van der Waals surface area contributed by atoms with E-state index >= 15 is 0 Å². The van der Waals surface area contributed by atoms with Gasteiger partial charge in [0.1, 0.15) is 17.5 Å². The molecule has 0 aliphatic rings. The summed E-state index contributed by atoms with van der Waals surface area (Å²) < 4.78 is 77.3. The molecule has 0 N–H and O–H groups in total. The molecule has 0 spiro atoms. The predicted molar refractivity (Wildman–Crippen MR) is 372 cm³/mol. The molecule has 0 heterocycles. The van der Waals surface area contributed by atoms with Crippen LogP contribution in [0.25, 0.3) is 0 Å². The number of hydrogen-bond acceptors (Lipinski definition) is 0. The van der Waals surface area contributed by atoms with E-state index in [0.717, 1.165) is 43.4 Å². The van der Waals surface area contributed by atoms with Gasteiger partial charge in [0.15, 0.2) is 0 Å². The Labute approximate surface area is 548 Å². The highest BCUT2D eigenvalue weighted by molar-refractivity contribution is 6.35. The van der Waals surface area contributed by atoms with Crippen LogP contribution in [0.15, 0.2) is 133 Å². The van der Waals surface area contributed by atoms with Crippen LogP contribution in [0.5, 0.6) is 0 Å². The summed E-state index contributed by atoms with van der Waals surface area (Å²) in [6.45, 7) is 51.3. The Bertz CT molecular complexity index is 2830. The highest BCUT2D eigenvalue weighted by Crippen LogP contribution is 2.38. The molecule has 0 saturated carbocycles. The summed E-state index contributed by atoms with van der Waals surface area (Å²) in [6.07, 6.45) is -4.26. The highest BCUT2D eigenvalue weighted by Gasteiger charge is 2.36. The summed E-state index contributed by atoms with van der Waals surface area (Å²) in [7, 11) is 0. The van der Waals surface area contributed by atoms with Gasteiger partial charge in [-0.3, -0.25) is 0 Å². The van der Waals surface area contributed by atoms with Gasteiger partial charge in [0.05, 0.1) is 5.56 Å². The quantitative estimate of drug-likeness (QED) is 0.133. The summed E-state index contributed by atoms with van der Waals surface area (Å²) in [5.74, 6) is -1.03. The van der Waals surface area contributed by atoms with Gasteiger partial charge in [0.2, 0.25) is 0 Å². The van der Waals surface area contributed by atoms with Crippen LogP contribution in [-0.2, 0) is 44.1 Å². The molecule has 0 aromatic heterocycles. The van der Waals surface area contributed by atoms with E-state index in [-0.39, 0.29) is 45.9 Å². The molecule has 0 atom stereocenters. The van der Waals surface area contributed by atoms with E-state index in [1.54, 1.807) is 65.8 Å². The first kappa shape index (κ1) is 82.6. The van der Waals surface area contributed by atoms with Crippen LogP contribution >= 0.6 is 58.0 Å². The highest BCUT2D eigenvalue weighted by atomic mass is 35.5. The fourth-order valence-electron chi connectivity index (χ4n) is 9.95. The van der Waals surface area contributed by atoms with Gasteiger partial charge in [-0.1, -0.05) is 290 Å². The first-order valence-corrected chi connectivity index (χ1v) is 30.7. The van der Waals surface area contributed by atoms with Gasteiger partial charge in [-0.25, -0.2) is 13.2 Å². The van der Waals surface area contributed by atoms with Crippen molar-refractivity contribution in [3.8, 4) is 0 Å². The Kier molecular flexibility index (Phi) is 31.9. The first-order chi connectivity index (χ1) is 38.8. The molecule has 482 valence electrons. The molecule has 0 fully saturated rings. The lowest BCUT2D eigenvalue weighted by Gasteiger charge is -2.23. The zero-order chi connectivity index (χ0) is 67.1.